The van der Waals surface area contributed by atoms with Gasteiger partial charge in [-0.25, -0.2) is 0 Å². The Morgan fingerprint density at radius 2 is 1.39 bits per heavy atom. The highest BCUT2D eigenvalue weighted by molar-refractivity contribution is 5.97. The van der Waals surface area contributed by atoms with Crippen LogP contribution in [0.15, 0.2) is 78.9 Å². The van der Waals surface area contributed by atoms with Crippen LogP contribution in [0.25, 0.3) is 11.1 Å². The molecule has 0 aliphatic heterocycles. The van der Waals surface area contributed by atoms with Gasteiger partial charge in [0.1, 0.15) is 11.5 Å². The number of methoxy groups -OCH3 is 1. The molecule has 0 aromatic heterocycles. The maximum Gasteiger partial charge on any atom is 0.276 e. The van der Waals surface area contributed by atoms with Crippen LogP contribution in [-0.2, 0) is 9.59 Å². The normalized spacial score (nSPS) is 10.1. The number of hydrogen-bond donors (Lipinski definition) is 3. The topological polar surface area (TPSA) is 106 Å². The summed E-state index contributed by atoms with van der Waals surface area (Å²) in [5, 5.41) is 2.64. The zero-order valence-corrected chi connectivity index (χ0v) is 18.2. The summed E-state index contributed by atoms with van der Waals surface area (Å²) in [4.78, 5) is 36.2. The predicted molar refractivity (Wildman–Crippen MR) is 124 cm³/mol. The van der Waals surface area contributed by atoms with Crippen LogP contribution in [0.5, 0.6) is 11.5 Å². The first kappa shape index (κ1) is 23.3. The first-order chi connectivity index (χ1) is 16.1. The van der Waals surface area contributed by atoms with E-state index in [-0.39, 0.29) is 25.5 Å². The molecule has 0 spiro atoms. The van der Waals surface area contributed by atoms with Crippen LogP contribution < -0.4 is 25.6 Å². The molecule has 170 valence electrons. The number of rotatable bonds is 9. The van der Waals surface area contributed by atoms with Crippen molar-refractivity contribution < 1.29 is 23.9 Å². The number of amides is 3. The van der Waals surface area contributed by atoms with E-state index >= 15 is 0 Å². The Morgan fingerprint density at radius 1 is 0.758 bits per heavy atom. The first-order valence-electron chi connectivity index (χ1n) is 10.3. The molecule has 3 rings (SSSR count). The molecule has 33 heavy (non-hydrogen) atoms. The summed E-state index contributed by atoms with van der Waals surface area (Å²) in [5.41, 5.74) is 6.82. The molecule has 0 atom stereocenters. The van der Waals surface area contributed by atoms with Crippen molar-refractivity contribution in [3.8, 4) is 22.6 Å². The third-order valence-corrected chi connectivity index (χ3v) is 4.66. The highest BCUT2D eigenvalue weighted by Crippen LogP contribution is 2.29. The van der Waals surface area contributed by atoms with Crippen LogP contribution in [-0.4, -0.2) is 38.0 Å². The number of para-hydroxylation sites is 2. The van der Waals surface area contributed by atoms with Crippen LogP contribution in [0.2, 0.25) is 0 Å². The van der Waals surface area contributed by atoms with E-state index in [2.05, 4.69) is 16.2 Å². The fourth-order valence-electron chi connectivity index (χ4n) is 3.05. The van der Waals surface area contributed by atoms with Gasteiger partial charge in [0.05, 0.1) is 12.7 Å². The van der Waals surface area contributed by atoms with E-state index in [0.29, 0.717) is 17.1 Å². The molecule has 0 unspecified atom stereocenters. The Balaban J connectivity index is 1.40. The van der Waals surface area contributed by atoms with Gasteiger partial charge in [-0.15, -0.1) is 0 Å². The lowest BCUT2D eigenvalue weighted by Gasteiger charge is -2.12. The average Bonchev–Trinajstić information content (AvgIpc) is 2.86. The van der Waals surface area contributed by atoms with Gasteiger partial charge in [-0.3, -0.25) is 25.2 Å². The van der Waals surface area contributed by atoms with Gasteiger partial charge in [0.15, 0.2) is 6.61 Å². The Morgan fingerprint density at radius 3 is 2.15 bits per heavy atom. The van der Waals surface area contributed by atoms with Crippen molar-refractivity contribution >= 4 is 17.7 Å². The highest BCUT2D eigenvalue weighted by Gasteiger charge is 2.12. The molecule has 0 bridgehead atoms. The van der Waals surface area contributed by atoms with Gasteiger partial charge in [0.2, 0.25) is 5.91 Å². The van der Waals surface area contributed by atoms with E-state index in [1.807, 2.05) is 48.5 Å². The second-order valence-electron chi connectivity index (χ2n) is 6.95. The third kappa shape index (κ3) is 6.83. The lowest BCUT2D eigenvalue weighted by Crippen LogP contribution is -2.44. The number of hydrazine groups is 1. The fraction of sp³-hybridized carbons (Fsp3) is 0.160. The Labute approximate surface area is 191 Å². The van der Waals surface area contributed by atoms with E-state index in [4.69, 9.17) is 9.47 Å². The molecule has 0 saturated heterocycles. The summed E-state index contributed by atoms with van der Waals surface area (Å²) in [6, 6.07) is 23.9. The van der Waals surface area contributed by atoms with Gasteiger partial charge in [-0.2, -0.15) is 0 Å². The number of ether oxygens (including phenoxy) is 2. The van der Waals surface area contributed by atoms with Gasteiger partial charge in [0, 0.05) is 18.5 Å². The average molecular weight is 447 g/mol. The summed E-state index contributed by atoms with van der Waals surface area (Å²) in [6.07, 6.45) is -0.0150. The Kier molecular flexibility index (Phi) is 8.41. The number of carbonyl (C=O) groups excluding carboxylic acids is 3. The number of carbonyl (C=O) groups is 3. The van der Waals surface area contributed by atoms with Crippen molar-refractivity contribution in [1.82, 2.24) is 16.2 Å². The van der Waals surface area contributed by atoms with Crippen LogP contribution >= 0.6 is 0 Å². The lowest BCUT2D eigenvalue weighted by molar-refractivity contribution is -0.129. The molecule has 3 N–H and O–H groups in total. The zero-order chi connectivity index (χ0) is 23.5. The number of nitrogens with one attached hydrogen (secondary N) is 3. The van der Waals surface area contributed by atoms with Gasteiger partial charge in [0.25, 0.3) is 11.8 Å². The monoisotopic (exact) mass is 447 g/mol. The van der Waals surface area contributed by atoms with Crippen molar-refractivity contribution in [3.05, 3.63) is 84.4 Å². The molecule has 3 aromatic carbocycles. The molecule has 0 heterocycles. The summed E-state index contributed by atoms with van der Waals surface area (Å²) in [7, 11) is 1.48. The molecular formula is C25H25N3O5. The van der Waals surface area contributed by atoms with Crippen LogP contribution in [0.3, 0.4) is 0 Å². The highest BCUT2D eigenvalue weighted by atomic mass is 16.5. The molecule has 0 saturated carbocycles. The standard InChI is InChI=1S/C25H25N3O5/c1-32-21-13-7-6-12-20(21)25(31)26-16-15-23(29)27-28-24(30)17-33-22-14-8-5-11-19(22)18-9-3-2-4-10-18/h2-14H,15-17H2,1H3,(H,26,31)(H,27,29)(H,28,30). The molecule has 0 fully saturated rings. The van der Waals surface area contributed by atoms with E-state index in [9.17, 15) is 14.4 Å². The maximum absolute atomic E-state index is 12.2. The van der Waals surface area contributed by atoms with E-state index in [0.717, 1.165) is 11.1 Å². The van der Waals surface area contributed by atoms with Crippen molar-refractivity contribution in [3.63, 3.8) is 0 Å². The molecule has 0 aliphatic carbocycles. The summed E-state index contributed by atoms with van der Waals surface area (Å²) < 4.78 is 10.8. The summed E-state index contributed by atoms with van der Waals surface area (Å²) in [6.45, 7) is -0.172. The van der Waals surface area contributed by atoms with Gasteiger partial charge < -0.3 is 14.8 Å². The molecule has 3 amide bonds. The SMILES string of the molecule is COc1ccccc1C(=O)NCCC(=O)NNC(=O)COc1ccccc1-c1ccccc1. The first-order valence-corrected chi connectivity index (χ1v) is 10.3. The summed E-state index contributed by atoms with van der Waals surface area (Å²) in [5.74, 6) is -0.308. The second-order valence-corrected chi connectivity index (χ2v) is 6.95. The van der Waals surface area contributed by atoms with E-state index < -0.39 is 11.8 Å². The van der Waals surface area contributed by atoms with E-state index in [1.165, 1.54) is 7.11 Å². The molecule has 8 nitrogen and oxygen atoms in total. The largest absolute Gasteiger partial charge is 0.496 e. The van der Waals surface area contributed by atoms with Crippen LogP contribution in [0.4, 0.5) is 0 Å². The Bertz CT molecular complexity index is 1100. The molecule has 0 radical (unpaired) electrons. The Hall–Kier alpha value is -4.33. The molecule has 8 heteroatoms. The summed E-state index contributed by atoms with van der Waals surface area (Å²) >= 11 is 0. The minimum Gasteiger partial charge on any atom is -0.496 e. The van der Waals surface area contributed by atoms with Crippen molar-refractivity contribution in [2.24, 2.45) is 0 Å². The lowest BCUT2D eigenvalue weighted by atomic mass is 10.1. The molecule has 3 aromatic rings. The third-order valence-electron chi connectivity index (χ3n) is 4.66. The number of hydrogen-bond acceptors (Lipinski definition) is 5. The molecular weight excluding hydrogens is 422 g/mol. The van der Waals surface area contributed by atoms with Crippen LogP contribution in [0.1, 0.15) is 16.8 Å². The quantitative estimate of drug-likeness (QED) is 0.438. The minimum absolute atomic E-state index is 0.0150. The van der Waals surface area contributed by atoms with Gasteiger partial charge in [-0.1, -0.05) is 60.7 Å². The smallest absolute Gasteiger partial charge is 0.276 e. The van der Waals surface area contributed by atoms with Gasteiger partial charge >= 0.3 is 0 Å². The predicted octanol–water partition coefficient (Wildman–Crippen LogP) is 2.71. The van der Waals surface area contributed by atoms with Crippen molar-refractivity contribution in [1.29, 1.82) is 0 Å². The van der Waals surface area contributed by atoms with Gasteiger partial charge in [-0.05, 0) is 23.8 Å². The van der Waals surface area contributed by atoms with E-state index in [1.54, 1.807) is 30.3 Å². The van der Waals surface area contributed by atoms with Crippen molar-refractivity contribution in [2.75, 3.05) is 20.3 Å². The number of benzene rings is 3. The second kappa shape index (κ2) is 11.9. The molecule has 0 aliphatic rings. The van der Waals surface area contributed by atoms with Crippen molar-refractivity contribution in [2.45, 2.75) is 6.42 Å². The van der Waals surface area contributed by atoms with Crippen LogP contribution in [0, 0.1) is 0 Å². The maximum atomic E-state index is 12.2. The zero-order valence-electron chi connectivity index (χ0n) is 18.2. The fourth-order valence-corrected chi connectivity index (χ4v) is 3.05. The minimum atomic E-state index is -0.510.